The third-order valence-corrected chi connectivity index (χ3v) is 5.00. The Morgan fingerprint density at radius 2 is 2.04 bits per heavy atom. The number of hydrogen-bond donors (Lipinski definition) is 2. The van der Waals surface area contributed by atoms with Gasteiger partial charge in [-0.25, -0.2) is 13.8 Å². The normalized spacial score (nSPS) is 19.4. The Morgan fingerprint density at radius 3 is 2.75 bits per heavy atom. The molecule has 2 atom stereocenters. The van der Waals surface area contributed by atoms with E-state index in [1.807, 2.05) is 0 Å². The minimum atomic E-state index is -0.590. The van der Waals surface area contributed by atoms with Gasteiger partial charge in [0.1, 0.15) is 17.7 Å². The van der Waals surface area contributed by atoms with Crippen LogP contribution in [0.1, 0.15) is 17.7 Å². The van der Waals surface area contributed by atoms with Crippen LogP contribution in [0.15, 0.2) is 24.3 Å². The first-order valence-corrected chi connectivity index (χ1v) is 9.28. The monoisotopic (exact) mass is 409 g/mol. The summed E-state index contributed by atoms with van der Waals surface area (Å²) < 4.78 is 38.7. The molecule has 0 saturated carbocycles. The van der Waals surface area contributed by atoms with E-state index in [2.05, 4.69) is 15.0 Å². The fraction of sp³-hybridized carbons (Fsp3) is 0.368. The van der Waals surface area contributed by atoms with Gasteiger partial charge in [-0.15, -0.1) is 0 Å². The summed E-state index contributed by atoms with van der Waals surface area (Å²) in [5.41, 5.74) is 1.50. The predicted octanol–water partition coefficient (Wildman–Crippen LogP) is 3.20. The lowest BCUT2D eigenvalue weighted by molar-refractivity contribution is 0.0528. The van der Waals surface area contributed by atoms with Gasteiger partial charge in [-0.3, -0.25) is 0 Å². The van der Waals surface area contributed by atoms with E-state index in [1.165, 1.54) is 18.2 Å². The van der Waals surface area contributed by atoms with Crippen molar-refractivity contribution in [1.29, 1.82) is 0 Å². The van der Waals surface area contributed by atoms with Gasteiger partial charge in [0, 0.05) is 12.0 Å². The fourth-order valence-corrected chi connectivity index (χ4v) is 3.46. The van der Waals surface area contributed by atoms with Crippen LogP contribution in [0.4, 0.5) is 8.78 Å². The van der Waals surface area contributed by atoms with Crippen molar-refractivity contribution in [2.24, 2.45) is 0 Å². The molecule has 1 aromatic carbocycles. The second-order valence-electron chi connectivity index (χ2n) is 6.64. The number of aliphatic hydroxyl groups excluding tert-OH is 1. The van der Waals surface area contributed by atoms with Gasteiger partial charge in [-0.2, -0.15) is 4.98 Å². The summed E-state index contributed by atoms with van der Waals surface area (Å²) in [6.45, 7) is 0.318. The lowest BCUT2D eigenvalue weighted by Crippen LogP contribution is -2.17. The molecule has 1 aliphatic rings. The largest absolute Gasteiger partial charge is 0.459 e. The van der Waals surface area contributed by atoms with Gasteiger partial charge >= 0.3 is 0 Å². The third kappa shape index (κ3) is 3.94. The number of H-pyrrole nitrogens is 1. The number of aryl methyl sites for hydroxylation is 1. The highest BCUT2D eigenvalue weighted by Gasteiger charge is 2.27. The third-order valence-electron chi connectivity index (χ3n) is 4.68. The summed E-state index contributed by atoms with van der Waals surface area (Å²) >= 11 is 6.28. The second kappa shape index (κ2) is 7.98. The SMILES string of the molecule is OC[C@@H]1C[C@H](Oc2nc3nc(CCc4c(F)cccc4F)c(Cl)cc3[nH]2)CO1. The van der Waals surface area contributed by atoms with Crippen molar-refractivity contribution in [1.82, 2.24) is 15.0 Å². The summed E-state index contributed by atoms with van der Waals surface area (Å²) in [7, 11) is 0. The summed E-state index contributed by atoms with van der Waals surface area (Å²) in [6, 6.07) is 5.72. The van der Waals surface area contributed by atoms with Crippen LogP contribution in [0.25, 0.3) is 11.2 Å². The first-order valence-electron chi connectivity index (χ1n) is 8.90. The smallest absolute Gasteiger partial charge is 0.296 e. The molecule has 1 fully saturated rings. The van der Waals surface area contributed by atoms with Gasteiger partial charge in [-0.1, -0.05) is 17.7 Å². The molecule has 0 aliphatic carbocycles. The molecule has 0 spiro atoms. The highest BCUT2D eigenvalue weighted by atomic mass is 35.5. The van der Waals surface area contributed by atoms with E-state index in [9.17, 15) is 8.78 Å². The number of aromatic amines is 1. The van der Waals surface area contributed by atoms with Crippen LogP contribution in [0.5, 0.6) is 6.01 Å². The van der Waals surface area contributed by atoms with Crippen LogP contribution in [-0.4, -0.2) is 45.5 Å². The summed E-state index contributed by atoms with van der Waals surface area (Å²) in [5, 5.41) is 9.50. The van der Waals surface area contributed by atoms with E-state index in [0.717, 1.165) is 0 Å². The molecule has 3 heterocycles. The van der Waals surface area contributed by atoms with Gasteiger partial charge in [0.05, 0.1) is 35.6 Å². The number of fused-ring (bicyclic) bond motifs is 1. The Hall–Kier alpha value is -2.29. The number of pyridine rings is 1. The Balaban J connectivity index is 1.50. The maximum absolute atomic E-state index is 13.8. The molecule has 1 saturated heterocycles. The number of imidazole rings is 1. The van der Waals surface area contributed by atoms with Gasteiger partial charge < -0.3 is 19.6 Å². The molecule has 1 aliphatic heterocycles. The standard InChI is InChI=1S/C19H18ClF2N3O3/c20-13-7-17-18(25-19(24-17)28-11-6-10(8-26)27-9-11)23-16(13)5-4-12-14(21)2-1-3-15(12)22/h1-3,7,10-11,26H,4-6,8-9H2,(H,23,24,25)/t10-,11-/m0/s1. The molecule has 148 valence electrons. The number of hydrogen-bond acceptors (Lipinski definition) is 5. The van der Waals surface area contributed by atoms with E-state index in [4.69, 9.17) is 26.2 Å². The van der Waals surface area contributed by atoms with Crippen molar-refractivity contribution < 1.29 is 23.4 Å². The van der Waals surface area contributed by atoms with Crippen LogP contribution in [0.3, 0.4) is 0 Å². The minimum absolute atomic E-state index is 0.00573. The maximum Gasteiger partial charge on any atom is 0.296 e. The first kappa shape index (κ1) is 19.0. The number of halogens is 3. The summed E-state index contributed by atoms with van der Waals surface area (Å²) in [5.74, 6) is -1.18. The highest BCUT2D eigenvalue weighted by molar-refractivity contribution is 6.31. The molecular weight excluding hydrogens is 392 g/mol. The van der Waals surface area contributed by atoms with Crippen molar-refractivity contribution in [2.75, 3.05) is 13.2 Å². The van der Waals surface area contributed by atoms with Crippen LogP contribution in [0, 0.1) is 11.6 Å². The van der Waals surface area contributed by atoms with Crippen molar-refractivity contribution in [2.45, 2.75) is 31.5 Å². The number of aliphatic hydroxyl groups is 1. The lowest BCUT2D eigenvalue weighted by Gasteiger charge is -2.07. The minimum Gasteiger partial charge on any atom is -0.459 e. The summed E-state index contributed by atoms with van der Waals surface area (Å²) in [4.78, 5) is 11.7. The average Bonchev–Trinajstić information content (AvgIpc) is 3.27. The lowest BCUT2D eigenvalue weighted by atomic mass is 10.1. The average molecular weight is 410 g/mol. The van der Waals surface area contributed by atoms with Crippen molar-refractivity contribution in [3.8, 4) is 6.01 Å². The number of ether oxygens (including phenoxy) is 2. The van der Waals surface area contributed by atoms with Crippen LogP contribution in [-0.2, 0) is 17.6 Å². The predicted molar refractivity (Wildman–Crippen MR) is 98.5 cm³/mol. The second-order valence-corrected chi connectivity index (χ2v) is 7.05. The van der Waals surface area contributed by atoms with E-state index >= 15 is 0 Å². The molecule has 28 heavy (non-hydrogen) atoms. The number of benzene rings is 1. The summed E-state index contributed by atoms with van der Waals surface area (Å²) in [6.07, 6.45) is 0.529. The Morgan fingerprint density at radius 1 is 1.25 bits per heavy atom. The van der Waals surface area contributed by atoms with Crippen molar-refractivity contribution >= 4 is 22.8 Å². The molecule has 0 radical (unpaired) electrons. The molecular formula is C19H18ClF2N3O3. The van der Waals surface area contributed by atoms with Gasteiger partial charge in [0.25, 0.3) is 6.01 Å². The molecule has 0 unspecified atom stereocenters. The quantitative estimate of drug-likeness (QED) is 0.653. The van der Waals surface area contributed by atoms with Gasteiger partial charge in [0.2, 0.25) is 0 Å². The van der Waals surface area contributed by atoms with E-state index < -0.39 is 11.6 Å². The molecule has 6 nitrogen and oxygen atoms in total. The van der Waals surface area contributed by atoms with Crippen LogP contribution < -0.4 is 4.74 Å². The van der Waals surface area contributed by atoms with Gasteiger partial charge in [-0.05, 0) is 31.0 Å². The van der Waals surface area contributed by atoms with Crippen molar-refractivity contribution in [3.63, 3.8) is 0 Å². The zero-order chi connectivity index (χ0) is 19.7. The van der Waals surface area contributed by atoms with E-state index in [-0.39, 0.29) is 43.2 Å². The molecule has 9 heteroatoms. The van der Waals surface area contributed by atoms with Crippen LogP contribution >= 0.6 is 11.6 Å². The Labute approximate surface area is 164 Å². The zero-order valence-corrected chi connectivity index (χ0v) is 15.5. The Bertz CT molecular complexity index is 978. The molecule has 0 bridgehead atoms. The van der Waals surface area contributed by atoms with E-state index in [1.54, 1.807) is 6.07 Å². The topological polar surface area (TPSA) is 80.3 Å². The van der Waals surface area contributed by atoms with Crippen molar-refractivity contribution in [3.05, 3.63) is 52.2 Å². The molecule has 0 amide bonds. The first-order chi connectivity index (χ1) is 13.5. The zero-order valence-electron chi connectivity index (χ0n) is 14.8. The number of aromatic nitrogens is 3. The number of nitrogens with one attached hydrogen (secondary N) is 1. The fourth-order valence-electron chi connectivity index (χ4n) is 3.22. The Kier molecular flexibility index (Phi) is 5.43. The molecule has 3 aromatic rings. The maximum atomic E-state index is 13.8. The molecule has 2 N–H and O–H groups in total. The van der Waals surface area contributed by atoms with Gasteiger partial charge in [0.15, 0.2) is 5.65 Å². The highest BCUT2D eigenvalue weighted by Crippen LogP contribution is 2.25. The van der Waals surface area contributed by atoms with E-state index in [0.29, 0.717) is 34.9 Å². The number of nitrogens with zero attached hydrogens (tertiary/aromatic N) is 2. The molecule has 2 aromatic heterocycles. The van der Waals surface area contributed by atoms with Crippen LogP contribution in [0.2, 0.25) is 5.02 Å². The molecule has 4 rings (SSSR count). The number of rotatable bonds is 6.